The Labute approximate surface area is 110 Å². The molecule has 2 heterocycles. The smallest absolute Gasteiger partial charge is 0.244 e. The minimum Gasteiger partial charge on any atom is -0.479 e. The Morgan fingerprint density at radius 2 is 2.42 bits per heavy atom. The molecule has 0 aromatic carbocycles. The van der Waals surface area contributed by atoms with Crippen molar-refractivity contribution < 1.29 is 14.3 Å². The first-order chi connectivity index (χ1) is 9.19. The molecule has 1 fully saturated rings. The van der Waals surface area contributed by atoms with Gasteiger partial charge >= 0.3 is 0 Å². The van der Waals surface area contributed by atoms with Crippen molar-refractivity contribution in [2.24, 2.45) is 0 Å². The number of hydrogen-bond acceptors (Lipinski definition) is 7. The number of nitrogens with two attached hydrogens (primary N) is 1. The molecule has 0 bridgehead atoms. The van der Waals surface area contributed by atoms with Crippen molar-refractivity contribution in [3.63, 3.8) is 0 Å². The summed E-state index contributed by atoms with van der Waals surface area (Å²) in [7, 11) is 3.07. The Morgan fingerprint density at radius 1 is 1.63 bits per heavy atom. The van der Waals surface area contributed by atoms with E-state index in [9.17, 15) is 4.79 Å². The lowest BCUT2D eigenvalue weighted by molar-refractivity contribution is -0.124. The zero-order chi connectivity index (χ0) is 13.8. The van der Waals surface area contributed by atoms with Gasteiger partial charge in [-0.05, 0) is 0 Å². The van der Waals surface area contributed by atoms with E-state index < -0.39 is 6.04 Å². The third-order valence-corrected chi connectivity index (χ3v) is 2.97. The molecular weight excluding hydrogens is 250 g/mol. The van der Waals surface area contributed by atoms with E-state index in [1.807, 2.05) is 4.90 Å². The summed E-state index contributed by atoms with van der Waals surface area (Å²) in [6.07, 6.45) is 1.36. The molecule has 1 unspecified atom stereocenters. The number of hydrogen-bond donors (Lipinski definition) is 2. The Kier molecular flexibility index (Phi) is 4.00. The van der Waals surface area contributed by atoms with Crippen LogP contribution in [0.1, 0.15) is 0 Å². The van der Waals surface area contributed by atoms with Gasteiger partial charge in [-0.25, -0.2) is 4.98 Å². The number of aromatic nitrogens is 2. The second-order valence-electron chi connectivity index (χ2n) is 4.02. The number of amides is 1. The fraction of sp³-hybridized carbons (Fsp3) is 0.545. The molecule has 1 aromatic rings. The average Bonchev–Trinajstić information content (AvgIpc) is 2.47. The highest BCUT2D eigenvalue weighted by Gasteiger charge is 2.31. The number of morpholine rings is 1. The van der Waals surface area contributed by atoms with Crippen LogP contribution < -0.4 is 20.7 Å². The number of methoxy groups -OCH3 is 1. The molecular formula is C11H17N5O3. The zero-order valence-electron chi connectivity index (χ0n) is 10.9. The summed E-state index contributed by atoms with van der Waals surface area (Å²) in [4.78, 5) is 21.8. The molecule has 8 heteroatoms. The molecule has 0 saturated carbocycles. The van der Waals surface area contributed by atoms with E-state index in [1.54, 1.807) is 7.05 Å². The van der Waals surface area contributed by atoms with E-state index in [0.717, 1.165) is 0 Å². The van der Waals surface area contributed by atoms with Crippen molar-refractivity contribution in [1.29, 1.82) is 0 Å². The van der Waals surface area contributed by atoms with Gasteiger partial charge in [0.25, 0.3) is 0 Å². The standard InChI is InChI=1S/C11H17N5O3/c1-13-10(17)7-5-19-4-3-16(7)9-8(12)11(18-2)15-6-14-9/h6-7H,3-5,12H2,1-2H3,(H,13,17). The molecule has 1 saturated heterocycles. The normalized spacial score (nSPS) is 19.1. The van der Waals surface area contributed by atoms with Crippen LogP contribution in [0, 0.1) is 0 Å². The van der Waals surface area contributed by atoms with Gasteiger partial charge in [0, 0.05) is 13.6 Å². The summed E-state index contributed by atoms with van der Waals surface area (Å²) in [6, 6.07) is -0.458. The number of likely N-dealkylation sites (N-methyl/N-ethyl adjacent to an activating group) is 1. The van der Waals surface area contributed by atoms with E-state index in [-0.39, 0.29) is 5.91 Å². The van der Waals surface area contributed by atoms with Crippen LogP contribution in [0.3, 0.4) is 0 Å². The molecule has 8 nitrogen and oxygen atoms in total. The maximum Gasteiger partial charge on any atom is 0.244 e. The number of carbonyl (C=O) groups excluding carboxylic acids is 1. The Morgan fingerprint density at radius 3 is 3.11 bits per heavy atom. The van der Waals surface area contributed by atoms with Gasteiger partial charge in [0.05, 0.1) is 20.3 Å². The summed E-state index contributed by atoms with van der Waals surface area (Å²) < 4.78 is 10.4. The van der Waals surface area contributed by atoms with Gasteiger partial charge in [-0.15, -0.1) is 0 Å². The van der Waals surface area contributed by atoms with Crippen LogP contribution in [0.4, 0.5) is 11.5 Å². The predicted octanol–water partition coefficient (Wildman–Crippen LogP) is -0.981. The lowest BCUT2D eigenvalue weighted by atomic mass is 10.2. The van der Waals surface area contributed by atoms with Crippen molar-refractivity contribution >= 4 is 17.4 Å². The van der Waals surface area contributed by atoms with Gasteiger partial charge in [0.1, 0.15) is 18.1 Å². The van der Waals surface area contributed by atoms with Crippen LogP contribution in [-0.2, 0) is 9.53 Å². The first-order valence-electron chi connectivity index (χ1n) is 5.89. The molecule has 1 atom stereocenters. The lowest BCUT2D eigenvalue weighted by Crippen LogP contribution is -2.53. The van der Waals surface area contributed by atoms with Crippen LogP contribution in [-0.4, -0.2) is 55.8 Å². The van der Waals surface area contributed by atoms with Gasteiger partial charge in [-0.3, -0.25) is 4.79 Å². The third kappa shape index (κ3) is 2.53. The van der Waals surface area contributed by atoms with Crippen LogP contribution in [0.2, 0.25) is 0 Å². The fourth-order valence-corrected chi connectivity index (χ4v) is 2.00. The molecule has 1 aliphatic rings. The molecule has 1 aliphatic heterocycles. The Balaban J connectivity index is 2.35. The molecule has 2 rings (SSSR count). The summed E-state index contributed by atoms with van der Waals surface area (Å²) >= 11 is 0. The fourth-order valence-electron chi connectivity index (χ4n) is 2.00. The number of nitrogens with zero attached hydrogens (tertiary/aromatic N) is 3. The lowest BCUT2D eigenvalue weighted by Gasteiger charge is -2.35. The molecule has 104 valence electrons. The first-order valence-corrected chi connectivity index (χ1v) is 5.89. The second-order valence-corrected chi connectivity index (χ2v) is 4.02. The van der Waals surface area contributed by atoms with Gasteiger partial charge in [-0.2, -0.15) is 4.98 Å². The SMILES string of the molecule is CNC(=O)C1COCCN1c1ncnc(OC)c1N. The number of nitrogen functional groups attached to an aromatic ring is 1. The quantitative estimate of drug-likeness (QED) is 0.725. The largest absolute Gasteiger partial charge is 0.479 e. The number of ether oxygens (including phenoxy) is 2. The van der Waals surface area contributed by atoms with E-state index in [0.29, 0.717) is 37.1 Å². The van der Waals surface area contributed by atoms with Crippen LogP contribution in [0.25, 0.3) is 0 Å². The number of anilines is 2. The zero-order valence-corrected chi connectivity index (χ0v) is 10.9. The van der Waals surface area contributed by atoms with Gasteiger partial charge in [0.15, 0.2) is 5.82 Å². The average molecular weight is 267 g/mol. The van der Waals surface area contributed by atoms with Crippen LogP contribution in [0.15, 0.2) is 6.33 Å². The summed E-state index contributed by atoms with van der Waals surface area (Å²) in [5, 5.41) is 2.61. The molecule has 1 aromatic heterocycles. The number of rotatable bonds is 3. The highest BCUT2D eigenvalue weighted by atomic mass is 16.5. The summed E-state index contributed by atoms with van der Waals surface area (Å²) in [5.74, 6) is 0.646. The molecule has 0 aliphatic carbocycles. The van der Waals surface area contributed by atoms with Crippen LogP contribution >= 0.6 is 0 Å². The number of nitrogens with one attached hydrogen (secondary N) is 1. The van der Waals surface area contributed by atoms with E-state index >= 15 is 0 Å². The molecule has 0 spiro atoms. The van der Waals surface area contributed by atoms with Crippen molar-refractivity contribution in [2.75, 3.05) is 44.5 Å². The minimum atomic E-state index is -0.458. The minimum absolute atomic E-state index is 0.142. The number of carbonyl (C=O) groups is 1. The first kappa shape index (κ1) is 13.3. The Hall–Kier alpha value is -2.09. The third-order valence-electron chi connectivity index (χ3n) is 2.97. The van der Waals surface area contributed by atoms with Crippen molar-refractivity contribution in [2.45, 2.75) is 6.04 Å². The van der Waals surface area contributed by atoms with E-state index in [1.165, 1.54) is 13.4 Å². The molecule has 19 heavy (non-hydrogen) atoms. The molecule has 0 radical (unpaired) electrons. The highest BCUT2D eigenvalue weighted by Crippen LogP contribution is 2.29. The van der Waals surface area contributed by atoms with Crippen molar-refractivity contribution in [1.82, 2.24) is 15.3 Å². The van der Waals surface area contributed by atoms with Crippen molar-refractivity contribution in [3.05, 3.63) is 6.33 Å². The molecule has 1 amide bonds. The molecule has 3 N–H and O–H groups in total. The second kappa shape index (κ2) is 5.70. The van der Waals surface area contributed by atoms with Crippen molar-refractivity contribution in [3.8, 4) is 5.88 Å². The summed E-state index contributed by atoms with van der Waals surface area (Å²) in [6.45, 7) is 1.34. The van der Waals surface area contributed by atoms with Crippen LogP contribution in [0.5, 0.6) is 5.88 Å². The Bertz CT molecular complexity index is 468. The summed E-state index contributed by atoms with van der Waals surface area (Å²) in [5.41, 5.74) is 6.28. The van der Waals surface area contributed by atoms with E-state index in [4.69, 9.17) is 15.2 Å². The van der Waals surface area contributed by atoms with Gasteiger partial charge in [0.2, 0.25) is 11.8 Å². The predicted molar refractivity (Wildman–Crippen MR) is 69.0 cm³/mol. The topological polar surface area (TPSA) is 103 Å². The maximum absolute atomic E-state index is 11.9. The van der Waals surface area contributed by atoms with Gasteiger partial charge in [-0.1, -0.05) is 0 Å². The monoisotopic (exact) mass is 267 g/mol. The van der Waals surface area contributed by atoms with E-state index in [2.05, 4.69) is 15.3 Å². The van der Waals surface area contributed by atoms with Gasteiger partial charge < -0.3 is 25.4 Å². The highest BCUT2D eigenvalue weighted by molar-refractivity contribution is 5.86. The maximum atomic E-state index is 11.9.